The van der Waals surface area contributed by atoms with Gasteiger partial charge in [0.05, 0.1) is 0 Å². The molecule has 0 bridgehead atoms. The summed E-state index contributed by atoms with van der Waals surface area (Å²) >= 11 is 0. The molecule has 0 aliphatic carbocycles. The van der Waals surface area contributed by atoms with Gasteiger partial charge in [-0.05, 0) is 30.9 Å². The van der Waals surface area contributed by atoms with E-state index in [1.54, 1.807) is 0 Å². The first-order valence-electron chi connectivity index (χ1n) is 6.71. The van der Waals surface area contributed by atoms with Crippen LogP contribution >= 0.6 is 0 Å². The maximum atomic E-state index is 6.37. The lowest BCUT2D eigenvalue weighted by Crippen LogP contribution is -1.98. The van der Waals surface area contributed by atoms with Gasteiger partial charge in [0, 0.05) is 22.3 Å². The summed E-state index contributed by atoms with van der Waals surface area (Å²) < 4.78 is 0. The van der Waals surface area contributed by atoms with E-state index in [9.17, 15) is 0 Å². The van der Waals surface area contributed by atoms with Crippen LogP contribution in [0.2, 0.25) is 0 Å². The van der Waals surface area contributed by atoms with E-state index in [0.717, 1.165) is 33.3 Å². The Labute approximate surface area is 119 Å². The monoisotopic (exact) mass is 262 g/mol. The standard InChI is InChI=1S/C18H18N2/c1-11-4-3-5-13(8-11)17-16(19)10-14-9-12(2)6-7-15(14)18(17)20/h3-10H,19-20H2,1-2H3. The number of benzene rings is 3. The number of fused-ring (bicyclic) bond motifs is 1. The Kier molecular flexibility index (Phi) is 2.87. The lowest BCUT2D eigenvalue weighted by Gasteiger charge is -2.14. The molecular formula is C18H18N2. The first-order valence-corrected chi connectivity index (χ1v) is 6.71. The Morgan fingerprint density at radius 2 is 1.55 bits per heavy atom. The minimum Gasteiger partial charge on any atom is -0.398 e. The van der Waals surface area contributed by atoms with Crippen LogP contribution in [0.3, 0.4) is 0 Å². The van der Waals surface area contributed by atoms with Crippen LogP contribution < -0.4 is 11.5 Å². The Morgan fingerprint density at radius 1 is 0.800 bits per heavy atom. The van der Waals surface area contributed by atoms with Crippen molar-refractivity contribution in [3.8, 4) is 11.1 Å². The van der Waals surface area contributed by atoms with Gasteiger partial charge in [0.2, 0.25) is 0 Å². The smallest absolute Gasteiger partial charge is 0.0494 e. The number of anilines is 2. The summed E-state index contributed by atoms with van der Waals surface area (Å²) in [4.78, 5) is 0. The Hall–Kier alpha value is -2.48. The molecular weight excluding hydrogens is 244 g/mol. The molecule has 3 aromatic rings. The van der Waals surface area contributed by atoms with Crippen LogP contribution in [0.5, 0.6) is 0 Å². The maximum absolute atomic E-state index is 6.37. The lowest BCUT2D eigenvalue weighted by molar-refractivity contribution is 1.47. The van der Waals surface area contributed by atoms with Crippen LogP contribution in [0.4, 0.5) is 11.4 Å². The molecule has 0 spiro atoms. The highest BCUT2D eigenvalue weighted by Gasteiger charge is 2.11. The van der Waals surface area contributed by atoms with E-state index in [2.05, 4.69) is 50.2 Å². The third-order valence-electron chi connectivity index (χ3n) is 3.67. The number of rotatable bonds is 1. The molecule has 0 saturated carbocycles. The predicted molar refractivity (Wildman–Crippen MR) is 87.7 cm³/mol. The third kappa shape index (κ3) is 1.99. The molecule has 20 heavy (non-hydrogen) atoms. The van der Waals surface area contributed by atoms with Gasteiger partial charge in [0.15, 0.2) is 0 Å². The number of nitrogens with two attached hydrogens (primary N) is 2. The molecule has 0 heterocycles. The molecule has 0 saturated heterocycles. The van der Waals surface area contributed by atoms with E-state index in [-0.39, 0.29) is 0 Å². The average molecular weight is 262 g/mol. The van der Waals surface area contributed by atoms with Crippen molar-refractivity contribution < 1.29 is 0 Å². The van der Waals surface area contributed by atoms with Crippen molar-refractivity contribution >= 4 is 22.1 Å². The summed E-state index contributed by atoms with van der Waals surface area (Å²) in [5.74, 6) is 0. The van der Waals surface area contributed by atoms with Crippen molar-refractivity contribution in [1.29, 1.82) is 0 Å². The molecule has 0 unspecified atom stereocenters. The Morgan fingerprint density at radius 3 is 2.30 bits per heavy atom. The summed E-state index contributed by atoms with van der Waals surface area (Å²) in [7, 11) is 0. The molecule has 2 heteroatoms. The summed E-state index contributed by atoms with van der Waals surface area (Å²) in [6.07, 6.45) is 0. The van der Waals surface area contributed by atoms with Crippen LogP contribution in [0.15, 0.2) is 48.5 Å². The predicted octanol–water partition coefficient (Wildman–Crippen LogP) is 4.29. The lowest BCUT2D eigenvalue weighted by atomic mass is 9.95. The molecule has 3 aromatic carbocycles. The second-order valence-electron chi connectivity index (χ2n) is 5.35. The third-order valence-corrected chi connectivity index (χ3v) is 3.67. The van der Waals surface area contributed by atoms with E-state index < -0.39 is 0 Å². The highest BCUT2D eigenvalue weighted by atomic mass is 14.6. The van der Waals surface area contributed by atoms with Gasteiger partial charge in [-0.15, -0.1) is 0 Å². The van der Waals surface area contributed by atoms with Crippen molar-refractivity contribution in [3.05, 3.63) is 59.7 Å². The highest BCUT2D eigenvalue weighted by molar-refractivity contribution is 6.05. The molecule has 3 rings (SSSR count). The first kappa shape index (κ1) is 12.5. The zero-order valence-electron chi connectivity index (χ0n) is 11.8. The second-order valence-corrected chi connectivity index (χ2v) is 5.35. The SMILES string of the molecule is Cc1cccc(-c2c(N)cc3cc(C)ccc3c2N)c1. The van der Waals surface area contributed by atoms with Gasteiger partial charge < -0.3 is 11.5 Å². The van der Waals surface area contributed by atoms with E-state index in [1.165, 1.54) is 11.1 Å². The van der Waals surface area contributed by atoms with Crippen LogP contribution in [-0.2, 0) is 0 Å². The first-order chi connectivity index (χ1) is 9.56. The highest BCUT2D eigenvalue weighted by Crippen LogP contribution is 2.38. The molecule has 100 valence electrons. The molecule has 0 aromatic heterocycles. The van der Waals surface area contributed by atoms with Gasteiger partial charge in [-0.2, -0.15) is 0 Å². The minimum atomic E-state index is 0.728. The Balaban J connectivity index is 2.34. The van der Waals surface area contributed by atoms with E-state index in [1.807, 2.05) is 12.1 Å². The number of aryl methyl sites for hydroxylation is 2. The van der Waals surface area contributed by atoms with Crippen molar-refractivity contribution in [2.24, 2.45) is 0 Å². The molecule has 4 N–H and O–H groups in total. The molecule has 0 fully saturated rings. The maximum Gasteiger partial charge on any atom is 0.0494 e. The fourth-order valence-electron chi connectivity index (χ4n) is 2.70. The van der Waals surface area contributed by atoms with Crippen LogP contribution in [-0.4, -0.2) is 0 Å². The summed E-state index contributed by atoms with van der Waals surface area (Å²) in [6, 6.07) is 16.5. The summed E-state index contributed by atoms with van der Waals surface area (Å²) in [5.41, 5.74) is 18.5. The molecule has 0 aliphatic heterocycles. The van der Waals surface area contributed by atoms with E-state index in [0.29, 0.717) is 0 Å². The van der Waals surface area contributed by atoms with Crippen molar-refractivity contribution in [3.63, 3.8) is 0 Å². The van der Waals surface area contributed by atoms with Crippen LogP contribution in [0.1, 0.15) is 11.1 Å². The molecule has 0 radical (unpaired) electrons. The van der Waals surface area contributed by atoms with E-state index >= 15 is 0 Å². The van der Waals surface area contributed by atoms with Gasteiger partial charge in [0.1, 0.15) is 0 Å². The zero-order valence-corrected chi connectivity index (χ0v) is 11.8. The molecule has 0 aliphatic rings. The van der Waals surface area contributed by atoms with Crippen molar-refractivity contribution in [1.82, 2.24) is 0 Å². The van der Waals surface area contributed by atoms with E-state index in [4.69, 9.17) is 11.5 Å². The fourth-order valence-corrected chi connectivity index (χ4v) is 2.70. The zero-order chi connectivity index (χ0) is 14.3. The number of nitrogen functional groups attached to an aromatic ring is 2. The van der Waals surface area contributed by atoms with Crippen LogP contribution in [0.25, 0.3) is 21.9 Å². The van der Waals surface area contributed by atoms with Crippen molar-refractivity contribution in [2.75, 3.05) is 11.5 Å². The molecule has 0 amide bonds. The van der Waals surface area contributed by atoms with Gasteiger partial charge in [0.25, 0.3) is 0 Å². The molecule has 2 nitrogen and oxygen atoms in total. The second kappa shape index (κ2) is 4.57. The van der Waals surface area contributed by atoms with Gasteiger partial charge in [-0.25, -0.2) is 0 Å². The number of hydrogen-bond donors (Lipinski definition) is 2. The summed E-state index contributed by atoms with van der Waals surface area (Å²) in [5, 5.41) is 2.15. The Bertz CT molecular complexity index is 804. The number of hydrogen-bond acceptors (Lipinski definition) is 2. The average Bonchev–Trinajstić information content (AvgIpc) is 2.38. The normalized spacial score (nSPS) is 10.9. The van der Waals surface area contributed by atoms with Gasteiger partial charge in [-0.3, -0.25) is 0 Å². The fraction of sp³-hybridized carbons (Fsp3) is 0.111. The van der Waals surface area contributed by atoms with Gasteiger partial charge in [-0.1, -0.05) is 53.6 Å². The molecule has 0 atom stereocenters. The minimum absolute atomic E-state index is 0.728. The van der Waals surface area contributed by atoms with Gasteiger partial charge >= 0.3 is 0 Å². The largest absolute Gasteiger partial charge is 0.398 e. The van der Waals surface area contributed by atoms with Crippen molar-refractivity contribution in [2.45, 2.75) is 13.8 Å². The topological polar surface area (TPSA) is 52.0 Å². The summed E-state index contributed by atoms with van der Waals surface area (Å²) in [6.45, 7) is 4.14. The van der Waals surface area contributed by atoms with Crippen LogP contribution in [0, 0.1) is 13.8 Å². The quantitative estimate of drug-likeness (QED) is 0.643.